The molecule has 0 saturated heterocycles. The summed E-state index contributed by atoms with van der Waals surface area (Å²) in [4.78, 5) is 9.13. The van der Waals surface area contributed by atoms with E-state index in [1.807, 2.05) is 36.7 Å². The third-order valence-corrected chi connectivity index (χ3v) is 4.02. The van der Waals surface area contributed by atoms with Crippen molar-refractivity contribution in [1.29, 1.82) is 0 Å². The number of imidazole rings is 1. The molecular weight excluding hydrogens is 322 g/mol. The maximum absolute atomic E-state index is 4.65. The summed E-state index contributed by atoms with van der Waals surface area (Å²) < 4.78 is 2.16. The Labute approximate surface area is 154 Å². The quantitative estimate of drug-likeness (QED) is 0.510. The Morgan fingerprint density at radius 3 is 2.35 bits per heavy atom. The first-order valence-corrected chi connectivity index (χ1v) is 8.95. The van der Waals surface area contributed by atoms with Crippen LogP contribution in [0.1, 0.15) is 23.9 Å². The van der Waals surface area contributed by atoms with Crippen molar-refractivity contribution in [2.24, 2.45) is 4.99 Å². The normalized spacial score (nSPS) is 11.3. The second-order valence-corrected chi connectivity index (χ2v) is 5.99. The molecule has 0 bridgehead atoms. The molecule has 2 aromatic carbocycles. The fourth-order valence-electron chi connectivity index (χ4n) is 2.69. The van der Waals surface area contributed by atoms with E-state index in [0.717, 1.165) is 24.9 Å². The zero-order chi connectivity index (χ0) is 18.0. The molecule has 2 N–H and O–H groups in total. The largest absolute Gasteiger partial charge is 0.357 e. The average molecular weight is 347 g/mol. The van der Waals surface area contributed by atoms with Gasteiger partial charge in [-0.05, 0) is 18.1 Å². The predicted octanol–water partition coefficient (Wildman–Crippen LogP) is 3.19. The summed E-state index contributed by atoms with van der Waals surface area (Å²) in [7, 11) is 0. The van der Waals surface area contributed by atoms with Gasteiger partial charge in [-0.1, -0.05) is 60.7 Å². The van der Waals surface area contributed by atoms with Crippen LogP contribution in [0.5, 0.6) is 0 Å². The molecule has 0 aliphatic carbocycles. The lowest BCUT2D eigenvalue weighted by Crippen LogP contribution is -2.37. The van der Waals surface area contributed by atoms with Crippen LogP contribution < -0.4 is 10.6 Å². The average Bonchev–Trinajstić information content (AvgIpc) is 3.12. The van der Waals surface area contributed by atoms with Gasteiger partial charge in [0.15, 0.2) is 5.96 Å². The SMILES string of the molecule is CCNC(=NCc1ccccc1)NCc1nccn1Cc1ccccc1. The van der Waals surface area contributed by atoms with Gasteiger partial charge in [0.05, 0.1) is 13.1 Å². The van der Waals surface area contributed by atoms with E-state index in [1.165, 1.54) is 11.1 Å². The summed E-state index contributed by atoms with van der Waals surface area (Å²) in [6.07, 6.45) is 3.85. The van der Waals surface area contributed by atoms with Crippen LogP contribution in [-0.4, -0.2) is 22.1 Å². The number of aliphatic imine (C=N–C) groups is 1. The van der Waals surface area contributed by atoms with E-state index >= 15 is 0 Å². The zero-order valence-electron chi connectivity index (χ0n) is 15.1. The molecule has 1 aromatic heterocycles. The fraction of sp³-hybridized carbons (Fsp3) is 0.238. The Hall–Kier alpha value is -3.08. The van der Waals surface area contributed by atoms with Crippen LogP contribution in [0, 0.1) is 0 Å². The highest BCUT2D eigenvalue weighted by molar-refractivity contribution is 5.79. The standard InChI is InChI=1S/C21H25N5/c1-2-22-21(24-15-18-9-5-3-6-10-18)25-16-20-23-13-14-26(20)17-19-11-7-4-8-12-19/h3-14H,2,15-17H2,1H3,(H2,22,24,25). The van der Waals surface area contributed by atoms with E-state index in [1.54, 1.807) is 0 Å². The molecule has 0 amide bonds. The maximum atomic E-state index is 4.65. The molecule has 5 nitrogen and oxygen atoms in total. The molecule has 0 atom stereocenters. The molecule has 1 heterocycles. The van der Waals surface area contributed by atoms with Crippen molar-refractivity contribution < 1.29 is 0 Å². The number of nitrogens with zero attached hydrogens (tertiary/aromatic N) is 3. The molecule has 5 heteroatoms. The summed E-state index contributed by atoms with van der Waals surface area (Å²) >= 11 is 0. The monoisotopic (exact) mass is 347 g/mol. The summed E-state index contributed by atoms with van der Waals surface area (Å²) in [5.74, 6) is 1.78. The van der Waals surface area contributed by atoms with E-state index in [0.29, 0.717) is 13.1 Å². The van der Waals surface area contributed by atoms with E-state index < -0.39 is 0 Å². The van der Waals surface area contributed by atoms with Crippen molar-refractivity contribution in [3.8, 4) is 0 Å². The van der Waals surface area contributed by atoms with Gasteiger partial charge in [0.2, 0.25) is 0 Å². The van der Waals surface area contributed by atoms with Crippen LogP contribution in [-0.2, 0) is 19.6 Å². The van der Waals surface area contributed by atoms with Gasteiger partial charge in [-0.3, -0.25) is 0 Å². The highest BCUT2D eigenvalue weighted by Crippen LogP contribution is 2.05. The smallest absolute Gasteiger partial charge is 0.191 e. The highest BCUT2D eigenvalue weighted by Gasteiger charge is 2.05. The zero-order valence-corrected chi connectivity index (χ0v) is 15.1. The molecule has 0 fully saturated rings. The van der Waals surface area contributed by atoms with Crippen molar-refractivity contribution in [2.75, 3.05) is 6.54 Å². The number of hydrogen-bond donors (Lipinski definition) is 2. The molecule has 0 radical (unpaired) electrons. The third-order valence-electron chi connectivity index (χ3n) is 4.02. The van der Waals surface area contributed by atoms with Gasteiger partial charge in [0, 0.05) is 25.5 Å². The van der Waals surface area contributed by atoms with Gasteiger partial charge in [0.25, 0.3) is 0 Å². The molecule has 0 unspecified atom stereocenters. The number of aromatic nitrogens is 2. The number of nitrogens with one attached hydrogen (secondary N) is 2. The number of rotatable bonds is 7. The minimum Gasteiger partial charge on any atom is -0.357 e. The molecule has 26 heavy (non-hydrogen) atoms. The minimum atomic E-state index is 0.625. The van der Waals surface area contributed by atoms with Gasteiger partial charge in [-0.25, -0.2) is 9.98 Å². The lowest BCUT2D eigenvalue weighted by molar-refractivity contribution is 0.688. The van der Waals surface area contributed by atoms with Crippen LogP contribution in [0.3, 0.4) is 0 Å². The van der Waals surface area contributed by atoms with Crippen LogP contribution in [0.25, 0.3) is 0 Å². The van der Waals surface area contributed by atoms with Gasteiger partial charge in [-0.2, -0.15) is 0 Å². The maximum Gasteiger partial charge on any atom is 0.191 e. The van der Waals surface area contributed by atoms with E-state index in [-0.39, 0.29) is 0 Å². The van der Waals surface area contributed by atoms with Crippen molar-refractivity contribution in [3.05, 3.63) is 90.0 Å². The first-order chi connectivity index (χ1) is 12.8. The van der Waals surface area contributed by atoms with Crippen molar-refractivity contribution >= 4 is 5.96 Å². The summed E-state index contributed by atoms with van der Waals surface area (Å²) in [5.41, 5.74) is 2.45. The van der Waals surface area contributed by atoms with Crippen LogP contribution in [0.4, 0.5) is 0 Å². The molecule has 3 rings (SSSR count). The lowest BCUT2D eigenvalue weighted by atomic mass is 10.2. The van der Waals surface area contributed by atoms with E-state index in [4.69, 9.17) is 0 Å². The molecule has 0 aliphatic rings. The summed E-state index contributed by atoms with van der Waals surface area (Å²) in [5, 5.41) is 6.66. The van der Waals surface area contributed by atoms with Crippen LogP contribution in [0.2, 0.25) is 0 Å². The topological polar surface area (TPSA) is 54.2 Å². The molecular formula is C21H25N5. The van der Waals surface area contributed by atoms with Gasteiger partial charge in [-0.15, -0.1) is 0 Å². The molecule has 3 aromatic rings. The predicted molar refractivity (Wildman–Crippen MR) is 106 cm³/mol. The first-order valence-electron chi connectivity index (χ1n) is 8.95. The Kier molecular flexibility index (Phi) is 6.42. The second kappa shape index (κ2) is 9.42. The highest BCUT2D eigenvalue weighted by atomic mass is 15.2. The Morgan fingerprint density at radius 1 is 0.962 bits per heavy atom. The van der Waals surface area contributed by atoms with Crippen molar-refractivity contribution in [2.45, 2.75) is 26.6 Å². The molecule has 0 saturated carbocycles. The Balaban J connectivity index is 1.62. The second-order valence-electron chi connectivity index (χ2n) is 5.99. The lowest BCUT2D eigenvalue weighted by Gasteiger charge is -2.13. The van der Waals surface area contributed by atoms with Crippen LogP contribution >= 0.6 is 0 Å². The number of hydrogen-bond acceptors (Lipinski definition) is 2. The van der Waals surface area contributed by atoms with Crippen LogP contribution in [0.15, 0.2) is 78.0 Å². The van der Waals surface area contributed by atoms with Crippen molar-refractivity contribution in [1.82, 2.24) is 20.2 Å². The first kappa shape index (κ1) is 17.7. The Bertz CT molecular complexity index is 809. The van der Waals surface area contributed by atoms with Gasteiger partial charge >= 0.3 is 0 Å². The third kappa shape index (κ3) is 5.21. The van der Waals surface area contributed by atoms with E-state index in [2.05, 4.69) is 68.5 Å². The molecule has 0 aliphatic heterocycles. The van der Waals surface area contributed by atoms with Crippen molar-refractivity contribution in [3.63, 3.8) is 0 Å². The minimum absolute atomic E-state index is 0.625. The summed E-state index contributed by atoms with van der Waals surface area (Å²) in [6, 6.07) is 20.7. The number of benzene rings is 2. The summed E-state index contributed by atoms with van der Waals surface area (Å²) in [6.45, 7) is 4.97. The Morgan fingerprint density at radius 2 is 1.65 bits per heavy atom. The fourth-order valence-corrected chi connectivity index (χ4v) is 2.69. The van der Waals surface area contributed by atoms with E-state index in [9.17, 15) is 0 Å². The number of guanidine groups is 1. The van der Waals surface area contributed by atoms with Gasteiger partial charge in [0.1, 0.15) is 5.82 Å². The molecule has 134 valence electrons. The molecule has 0 spiro atoms. The van der Waals surface area contributed by atoms with Gasteiger partial charge < -0.3 is 15.2 Å².